The molecule has 17 heteroatoms. The van der Waals surface area contributed by atoms with Crippen LogP contribution < -0.4 is 19.9 Å². The molecule has 8 rings (SSSR count). The fraction of sp³-hybridized carbons (Fsp3) is 0.231. The smallest absolute Gasteiger partial charge is 0.258 e. The zero-order chi connectivity index (χ0) is 40.2. The van der Waals surface area contributed by atoms with E-state index in [1.54, 1.807) is 24.3 Å². The number of carbonyl (C=O) groups excluding carboxylic acids is 4. The molecule has 2 aliphatic carbocycles. The SMILES string of the molecule is COc1cc(Br)cc([C@H]2C3=CC[C@@H]4C(=O)N(c5ccc(Nc6ccccc6)cc5)C(=O)[C@@H]4[C@@H]3C[C@@]3(Cl)C(=O)N(c4c(F)c(F)c(F)c(F)c4F)C(=O)[C@@]23Cl)c1O. The highest BCUT2D eigenvalue weighted by Crippen LogP contribution is 2.67. The van der Waals surface area contributed by atoms with Crippen LogP contribution in [0.1, 0.15) is 24.3 Å². The van der Waals surface area contributed by atoms with Crippen molar-refractivity contribution in [1.29, 1.82) is 0 Å². The highest BCUT2D eigenvalue weighted by molar-refractivity contribution is 9.10. The summed E-state index contributed by atoms with van der Waals surface area (Å²) in [6.07, 6.45) is 0.750. The Bertz CT molecular complexity index is 2410. The number of aromatic hydroxyl groups is 1. The number of amides is 4. The van der Waals surface area contributed by atoms with Gasteiger partial charge in [-0.1, -0.05) is 45.8 Å². The number of carbonyl (C=O) groups is 4. The summed E-state index contributed by atoms with van der Waals surface area (Å²) in [5.74, 6) is -22.9. The number of imide groups is 2. The van der Waals surface area contributed by atoms with Crippen LogP contribution in [-0.4, -0.2) is 45.6 Å². The molecule has 9 nitrogen and oxygen atoms in total. The summed E-state index contributed by atoms with van der Waals surface area (Å²) in [6.45, 7) is 0. The highest BCUT2D eigenvalue weighted by Gasteiger charge is 2.77. The van der Waals surface area contributed by atoms with Crippen molar-refractivity contribution in [3.63, 3.8) is 0 Å². The molecule has 0 bridgehead atoms. The first-order valence-electron chi connectivity index (χ1n) is 16.9. The van der Waals surface area contributed by atoms with Crippen molar-refractivity contribution in [2.24, 2.45) is 17.8 Å². The number of para-hydroxylation sites is 1. The van der Waals surface area contributed by atoms with Gasteiger partial charge in [0, 0.05) is 27.3 Å². The number of rotatable bonds is 6. The summed E-state index contributed by atoms with van der Waals surface area (Å²) in [5, 5.41) is 14.7. The number of hydrogen-bond acceptors (Lipinski definition) is 7. The van der Waals surface area contributed by atoms with Crippen LogP contribution in [0.15, 0.2) is 82.9 Å². The van der Waals surface area contributed by atoms with Gasteiger partial charge >= 0.3 is 0 Å². The molecule has 2 N–H and O–H groups in total. The van der Waals surface area contributed by atoms with Crippen molar-refractivity contribution in [3.8, 4) is 11.5 Å². The van der Waals surface area contributed by atoms with Gasteiger partial charge in [0.25, 0.3) is 11.8 Å². The van der Waals surface area contributed by atoms with Gasteiger partial charge in [0.1, 0.15) is 5.69 Å². The highest BCUT2D eigenvalue weighted by atomic mass is 79.9. The predicted molar refractivity (Wildman–Crippen MR) is 197 cm³/mol. The largest absolute Gasteiger partial charge is 0.504 e. The Hall–Kier alpha value is -4.99. The van der Waals surface area contributed by atoms with Crippen molar-refractivity contribution in [2.45, 2.75) is 28.5 Å². The maximum Gasteiger partial charge on any atom is 0.258 e. The van der Waals surface area contributed by atoms with Gasteiger partial charge in [0.05, 0.1) is 24.6 Å². The maximum absolute atomic E-state index is 15.3. The van der Waals surface area contributed by atoms with Gasteiger partial charge in [0.15, 0.2) is 44.5 Å². The molecule has 288 valence electrons. The van der Waals surface area contributed by atoms with Crippen molar-refractivity contribution in [1.82, 2.24) is 0 Å². The minimum Gasteiger partial charge on any atom is -0.504 e. The standard InChI is InChI=1S/C39H25BrCl2F5N3O6/c1-56-24-14-16(40)13-22(33(24)51)26-20-11-12-21-25(35(53)49(34(21)52)19-9-7-18(8-10-19)48-17-5-3-2-4-6-17)23(20)15-38(41)36(54)50(37(55)39(26,38)42)32-30(46)28(44)27(43)29(45)31(32)47/h2-11,13-14,21,23,25-26,48,51H,12,15H2,1H3/t21-,23+,25-,26+,38+,39-/m0/s1. The molecule has 0 spiro atoms. The molecule has 4 amide bonds. The lowest BCUT2D eigenvalue weighted by Gasteiger charge is -2.50. The first-order chi connectivity index (χ1) is 26.6. The third-order valence-corrected chi connectivity index (χ3v) is 12.9. The minimum absolute atomic E-state index is 0.0840. The lowest BCUT2D eigenvalue weighted by molar-refractivity contribution is -0.125. The van der Waals surface area contributed by atoms with E-state index in [4.69, 9.17) is 27.9 Å². The van der Waals surface area contributed by atoms with E-state index in [0.29, 0.717) is 5.69 Å². The van der Waals surface area contributed by atoms with Crippen molar-refractivity contribution in [2.75, 3.05) is 22.2 Å². The molecule has 56 heavy (non-hydrogen) atoms. The van der Waals surface area contributed by atoms with E-state index in [9.17, 15) is 37.5 Å². The Morgan fingerprint density at radius 3 is 2.04 bits per heavy atom. The molecule has 4 aliphatic rings. The molecule has 4 aromatic rings. The van der Waals surface area contributed by atoms with E-state index in [1.165, 1.54) is 25.3 Å². The van der Waals surface area contributed by atoms with Crippen LogP contribution in [0, 0.1) is 46.8 Å². The second-order valence-corrected chi connectivity index (χ2v) is 15.9. The molecule has 3 fully saturated rings. The van der Waals surface area contributed by atoms with Gasteiger partial charge in [0.2, 0.25) is 17.6 Å². The monoisotopic (exact) mass is 875 g/mol. The van der Waals surface area contributed by atoms with Crippen LogP contribution >= 0.6 is 39.1 Å². The van der Waals surface area contributed by atoms with Gasteiger partial charge in [-0.05, 0) is 67.3 Å². The Morgan fingerprint density at radius 2 is 1.41 bits per heavy atom. The Morgan fingerprint density at radius 1 is 0.804 bits per heavy atom. The quantitative estimate of drug-likeness (QED) is 0.0500. The molecule has 4 aromatic carbocycles. The summed E-state index contributed by atoms with van der Waals surface area (Å²) >= 11 is 17.7. The third kappa shape index (κ3) is 5.16. The lowest BCUT2D eigenvalue weighted by atomic mass is 9.56. The van der Waals surface area contributed by atoms with Gasteiger partial charge in [-0.15, -0.1) is 23.2 Å². The summed E-state index contributed by atoms with van der Waals surface area (Å²) < 4.78 is 79.5. The number of hydrogen-bond donors (Lipinski definition) is 2. The molecular formula is C39H25BrCl2F5N3O6. The average molecular weight is 877 g/mol. The Labute approximate surface area is 332 Å². The number of phenols is 1. The molecule has 0 aromatic heterocycles. The van der Waals surface area contributed by atoms with Gasteiger partial charge < -0.3 is 15.2 Å². The number of ether oxygens (including phenoxy) is 1. The molecular weight excluding hydrogens is 852 g/mol. The van der Waals surface area contributed by atoms with Crippen molar-refractivity contribution < 1.29 is 51.0 Å². The van der Waals surface area contributed by atoms with Crippen molar-refractivity contribution >= 4 is 85.5 Å². The fourth-order valence-electron chi connectivity index (χ4n) is 8.52. The molecule has 0 radical (unpaired) electrons. The van der Waals surface area contributed by atoms with Crippen LogP contribution in [0.5, 0.6) is 11.5 Å². The van der Waals surface area contributed by atoms with Crippen LogP contribution in [-0.2, 0) is 19.2 Å². The van der Waals surface area contributed by atoms with Crippen LogP contribution in [0.2, 0.25) is 0 Å². The average Bonchev–Trinajstić information content (AvgIpc) is 3.52. The van der Waals surface area contributed by atoms with Crippen LogP contribution in [0.25, 0.3) is 0 Å². The van der Waals surface area contributed by atoms with Gasteiger partial charge in [-0.25, -0.2) is 26.9 Å². The first kappa shape index (κ1) is 37.9. The second kappa shape index (κ2) is 13.3. The fourth-order valence-corrected chi connectivity index (χ4v) is 9.90. The lowest BCUT2D eigenvalue weighted by Crippen LogP contribution is -2.60. The maximum atomic E-state index is 15.3. The van der Waals surface area contributed by atoms with Gasteiger partial charge in [-0.3, -0.25) is 24.1 Å². The van der Waals surface area contributed by atoms with E-state index in [-0.39, 0.29) is 38.4 Å². The van der Waals surface area contributed by atoms with Crippen LogP contribution in [0.3, 0.4) is 0 Å². The topological polar surface area (TPSA) is 116 Å². The Balaban J connectivity index is 1.26. The van der Waals surface area contributed by atoms with E-state index in [2.05, 4.69) is 21.2 Å². The van der Waals surface area contributed by atoms with Gasteiger partial charge in [-0.2, -0.15) is 0 Å². The zero-order valence-electron chi connectivity index (χ0n) is 28.6. The second-order valence-electron chi connectivity index (χ2n) is 13.8. The Kier molecular flexibility index (Phi) is 9.01. The number of phenolic OH excluding ortho intramolecular Hbond substituents is 1. The molecule has 2 aliphatic heterocycles. The first-order valence-corrected chi connectivity index (χ1v) is 18.5. The number of allylic oxidation sites excluding steroid dienone is 2. The molecule has 1 saturated carbocycles. The summed E-state index contributed by atoms with van der Waals surface area (Å²) in [6, 6.07) is 18.4. The molecule has 2 saturated heterocycles. The molecule has 0 unspecified atom stereocenters. The number of halogens is 8. The minimum atomic E-state index is -2.82. The predicted octanol–water partition coefficient (Wildman–Crippen LogP) is 8.37. The summed E-state index contributed by atoms with van der Waals surface area (Å²) in [5.41, 5.74) is -0.250. The zero-order valence-corrected chi connectivity index (χ0v) is 31.7. The van der Waals surface area contributed by atoms with E-state index in [0.717, 1.165) is 10.6 Å². The van der Waals surface area contributed by atoms with Crippen LogP contribution in [0.4, 0.5) is 44.7 Å². The number of fused-ring (bicyclic) bond motifs is 4. The number of nitrogens with zero attached hydrogens (tertiary/aromatic N) is 2. The summed E-state index contributed by atoms with van der Waals surface area (Å²) in [7, 11) is 1.22. The summed E-state index contributed by atoms with van der Waals surface area (Å²) in [4.78, 5) is 52.7. The normalized spacial score (nSPS) is 26.9. The van der Waals surface area contributed by atoms with Crippen molar-refractivity contribution in [3.05, 3.63) is 118 Å². The third-order valence-electron chi connectivity index (χ3n) is 11.0. The number of benzene rings is 4. The number of alkyl halides is 2. The van der Waals surface area contributed by atoms with E-state index >= 15 is 8.78 Å². The number of anilines is 4. The molecule has 2 heterocycles. The number of nitrogens with one attached hydrogen (secondary N) is 1. The molecule has 6 atom stereocenters. The number of methoxy groups -OCH3 is 1. The van der Waals surface area contributed by atoms with E-state index in [1.807, 2.05) is 30.3 Å². The van der Waals surface area contributed by atoms with E-state index < -0.39 is 104 Å².